The molecule has 1 heterocycles. The van der Waals surface area contributed by atoms with Gasteiger partial charge in [-0.25, -0.2) is 0 Å². The molecular weight excluding hydrogens is 243 g/mol. The number of alkyl halides is 3. The number of nitrogens with zero attached hydrogens (tertiary/aromatic N) is 1. The van der Waals surface area contributed by atoms with Crippen LogP contribution in [0.5, 0.6) is 0 Å². The van der Waals surface area contributed by atoms with E-state index in [1.54, 1.807) is 6.92 Å². The lowest BCUT2D eigenvalue weighted by molar-refractivity contribution is -0.137. The highest BCUT2D eigenvalue weighted by atomic mass is 19.4. The summed E-state index contributed by atoms with van der Waals surface area (Å²) in [5, 5.41) is 0. The predicted octanol–water partition coefficient (Wildman–Crippen LogP) is 3.13. The molecule has 0 unspecified atom stereocenters. The van der Waals surface area contributed by atoms with Crippen LogP contribution in [0.3, 0.4) is 0 Å². The Hall–Kier alpha value is -1.78. The molecule has 2 nitrogen and oxygen atoms in total. The van der Waals surface area contributed by atoms with Crippen LogP contribution >= 0.6 is 0 Å². The number of hydrogen-bond acceptors (Lipinski definition) is 1. The molecule has 1 aliphatic heterocycles. The highest BCUT2D eigenvalue weighted by Gasteiger charge is 2.45. The molecule has 1 atom stereocenters. The van der Waals surface area contributed by atoms with Crippen LogP contribution in [0.15, 0.2) is 30.9 Å². The van der Waals surface area contributed by atoms with Gasteiger partial charge in [0.2, 0.25) is 5.91 Å². The molecular formula is C13H12F3NO. The third kappa shape index (κ3) is 1.54. The molecule has 5 heteroatoms. The van der Waals surface area contributed by atoms with Crippen LogP contribution in [-0.2, 0) is 16.4 Å². The number of benzene rings is 1. The Morgan fingerprint density at radius 2 is 2.00 bits per heavy atom. The first-order chi connectivity index (χ1) is 8.21. The van der Waals surface area contributed by atoms with E-state index in [1.807, 2.05) is 0 Å². The van der Waals surface area contributed by atoms with Crippen LogP contribution in [-0.4, -0.2) is 13.0 Å². The summed E-state index contributed by atoms with van der Waals surface area (Å²) >= 11 is 0. The van der Waals surface area contributed by atoms with Gasteiger partial charge in [0.25, 0.3) is 0 Å². The average molecular weight is 255 g/mol. The number of hydrogen-bond donors (Lipinski definition) is 0. The number of carbonyl (C=O) groups is 1. The van der Waals surface area contributed by atoms with E-state index in [0.717, 1.165) is 12.1 Å². The smallest absolute Gasteiger partial charge is 0.314 e. The second kappa shape index (κ2) is 3.60. The molecule has 0 saturated heterocycles. The van der Waals surface area contributed by atoms with E-state index in [1.165, 1.54) is 24.1 Å². The molecule has 0 aromatic heterocycles. The van der Waals surface area contributed by atoms with Gasteiger partial charge in [-0.3, -0.25) is 4.79 Å². The molecule has 18 heavy (non-hydrogen) atoms. The molecule has 0 radical (unpaired) electrons. The van der Waals surface area contributed by atoms with Gasteiger partial charge in [-0.1, -0.05) is 12.1 Å². The minimum atomic E-state index is -4.41. The van der Waals surface area contributed by atoms with E-state index < -0.39 is 17.2 Å². The van der Waals surface area contributed by atoms with E-state index >= 15 is 0 Å². The zero-order valence-corrected chi connectivity index (χ0v) is 10.0. The number of anilines is 1. The predicted molar refractivity (Wildman–Crippen MR) is 62.4 cm³/mol. The molecule has 0 aliphatic carbocycles. The molecule has 1 aromatic carbocycles. The lowest BCUT2D eigenvalue weighted by atomic mass is 9.84. The lowest BCUT2D eigenvalue weighted by Gasteiger charge is -2.17. The zero-order valence-electron chi connectivity index (χ0n) is 10.0. The van der Waals surface area contributed by atoms with Crippen molar-refractivity contribution in [1.29, 1.82) is 0 Å². The standard InChI is InChI=1S/C13H12F3NO/c1-4-12(2)9-6-5-8(13(14,15)16)7-10(9)17(3)11(12)18/h4-7H,1H2,2-3H3/t12-/m1/s1. The maximum Gasteiger partial charge on any atom is 0.416 e. The summed E-state index contributed by atoms with van der Waals surface area (Å²) in [4.78, 5) is 13.3. The molecule has 96 valence electrons. The highest BCUT2D eigenvalue weighted by Crippen LogP contribution is 2.44. The highest BCUT2D eigenvalue weighted by molar-refractivity contribution is 6.08. The van der Waals surface area contributed by atoms with Crippen LogP contribution in [0, 0.1) is 0 Å². The Labute approximate surface area is 103 Å². The van der Waals surface area contributed by atoms with Gasteiger partial charge < -0.3 is 4.90 Å². The molecule has 1 amide bonds. The Morgan fingerprint density at radius 3 is 2.50 bits per heavy atom. The van der Waals surface area contributed by atoms with Crippen molar-refractivity contribution in [1.82, 2.24) is 0 Å². The Bertz CT molecular complexity index is 536. The van der Waals surface area contributed by atoms with Crippen molar-refractivity contribution in [2.75, 3.05) is 11.9 Å². The lowest BCUT2D eigenvalue weighted by Crippen LogP contribution is -2.34. The minimum absolute atomic E-state index is 0.271. The van der Waals surface area contributed by atoms with E-state index in [-0.39, 0.29) is 11.6 Å². The van der Waals surface area contributed by atoms with Gasteiger partial charge >= 0.3 is 6.18 Å². The van der Waals surface area contributed by atoms with Crippen molar-refractivity contribution < 1.29 is 18.0 Å². The van der Waals surface area contributed by atoms with Crippen LogP contribution in [0.25, 0.3) is 0 Å². The Morgan fingerprint density at radius 1 is 1.39 bits per heavy atom. The van der Waals surface area contributed by atoms with Gasteiger partial charge in [-0.15, -0.1) is 6.58 Å². The van der Waals surface area contributed by atoms with E-state index in [2.05, 4.69) is 6.58 Å². The fourth-order valence-electron chi connectivity index (χ4n) is 2.19. The molecule has 0 saturated carbocycles. The second-order valence-corrected chi connectivity index (χ2v) is 4.50. The third-order valence-corrected chi connectivity index (χ3v) is 3.40. The Balaban J connectivity index is 2.65. The number of fused-ring (bicyclic) bond motifs is 1. The molecule has 0 fully saturated rings. The molecule has 0 bridgehead atoms. The van der Waals surface area contributed by atoms with E-state index in [0.29, 0.717) is 5.56 Å². The summed E-state index contributed by atoms with van der Waals surface area (Å²) in [7, 11) is 1.47. The summed E-state index contributed by atoms with van der Waals surface area (Å²) in [6, 6.07) is 3.34. The fourth-order valence-corrected chi connectivity index (χ4v) is 2.19. The van der Waals surface area contributed by atoms with E-state index in [9.17, 15) is 18.0 Å². The van der Waals surface area contributed by atoms with Crippen LogP contribution in [0.1, 0.15) is 18.1 Å². The Kier molecular flexibility index (Phi) is 2.54. The van der Waals surface area contributed by atoms with Crippen molar-refractivity contribution in [3.8, 4) is 0 Å². The summed E-state index contributed by atoms with van der Waals surface area (Å²) < 4.78 is 37.9. The first-order valence-electron chi connectivity index (χ1n) is 5.35. The second-order valence-electron chi connectivity index (χ2n) is 4.50. The molecule has 1 aliphatic rings. The maximum atomic E-state index is 12.6. The molecule has 2 rings (SSSR count). The van der Waals surface area contributed by atoms with Gasteiger partial charge in [-0.2, -0.15) is 13.2 Å². The topological polar surface area (TPSA) is 20.3 Å². The minimum Gasteiger partial charge on any atom is -0.314 e. The molecule has 0 spiro atoms. The number of carbonyl (C=O) groups excluding carboxylic acids is 1. The first kappa shape index (κ1) is 12.7. The van der Waals surface area contributed by atoms with Crippen LogP contribution in [0.2, 0.25) is 0 Å². The van der Waals surface area contributed by atoms with Gasteiger partial charge in [0.05, 0.1) is 11.0 Å². The average Bonchev–Trinajstić information content (AvgIpc) is 2.51. The zero-order chi connectivity index (χ0) is 13.7. The van der Waals surface area contributed by atoms with Gasteiger partial charge in [-0.05, 0) is 24.6 Å². The largest absolute Gasteiger partial charge is 0.416 e. The van der Waals surface area contributed by atoms with Crippen molar-refractivity contribution in [2.24, 2.45) is 0 Å². The van der Waals surface area contributed by atoms with Crippen molar-refractivity contribution >= 4 is 11.6 Å². The van der Waals surface area contributed by atoms with Crippen LogP contribution < -0.4 is 4.90 Å². The van der Waals surface area contributed by atoms with Crippen molar-refractivity contribution in [3.63, 3.8) is 0 Å². The molecule has 1 aromatic rings. The third-order valence-electron chi connectivity index (χ3n) is 3.40. The molecule has 0 N–H and O–H groups in total. The SMILES string of the molecule is C=C[C@@]1(C)C(=O)N(C)c2cc(C(F)(F)F)ccc21. The number of likely N-dealkylation sites (N-methyl/N-ethyl adjacent to an activating group) is 1. The van der Waals surface area contributed by atoms with Gasteiger partial charge in [0, 0.05) is 12.7 Å². The number of rotatable bonds is 1. The quantitative estimate of drug-likeness (QED) is 0.706. The van der Waals surface area contributed by atoms with Gasteiger partial charge in [0.1, 0.15) is 0 Å². The number of amides is 1. The van der Waals surface area contributed by atoms with Gasteiger partial charge in [0.15, 0.2) is 0 Å². The normalized spacial score (nSPS) is 23.2. The maximum absolute atomic E-state index is 12.6. The van der Waals surface area contributed by atoms with Crippen LogP contribution in [0.4, 0.5) is 18.9 Å². The summed E-state index contributed by atoms with van der Waals surface area (Å²) in [6.45, 7) is 5.25. The van der Waals surface area contributed by atoms with E-state index in [4.69, 9.17) is 0 Å². The van der Waals surface area contributed by atoms with Crippen molar-refractivity contribution in [3.05, 3.63) is 42.0 Å². The summed E-state index contributed by atoms with van der Waals surface area (Å²) in [5.74, 6) is -0.271. The summed E-state index contributed by atoms with van der Waals surface area (Å²) in [6.07, 6.45) is -2.95. The van der Waals surface area contributed by atoms with Crippen molar-refractivity contribution in [2.45, 2.75) is 18.5 Å². The monoisotopic (exact) mass is 255 g/mol. The first-order valence-corrected chi connectivity index (χ1v) is 5.35. The summed E-state index contributed by atoms with van der Waals surface area (Å²) in [5.41, 5.74) is -0.863. The number of halogens is 3. The fraction of sp³-hybridized carbons (Fsp3) is 0.308.